The van der Waals surface area contributed by atoms with Crippen LogP contribution in [0.1, 0.15) is 53.7 Å². The van der Waals surface area contributed by atoms with Crippen molar-refractivity contribution in [1.29, 1.82) is 0 Å². The summed E-state index contributed by atoms with van der Waals surface area (Å²) in [6.07, 6.45) is 1.88. The molecule has 0 aliphatic carbocycles. The number of amides is 1. The fourth-order valence-corrected chi connectivity index (χ4v) is 4.49. The van der Waals surface area contributed by atoms with E-state index in [4.69, 9.17) is 19.2 Å². The van der Waals surface area contributed by atoms with Crippen LogP contribution in [0.2, 0.25) is 0 Å². The zero-order valence-electron chi connectivity index (χ0n) is 18.8. The summed E-state index contributed by atoms with van der Waals surface area (Å²) < 4.78 is 16.6. The molecular weight excluding hydrogens is 414 g/mol. The molecule has 3 rings (SSSR count). The number of carbonyl (C=O) groups excluding carboxylic acids is 1. The highest BCUT2D eigenvalue weighted by atomic mass is 32.1. The summed E-state index contributed by atoms with van der Waals surface area (Å²) in [5.41, 5.74) is 1.69. The molecule has 0 radical (unpaired) electrons. The Morgan fingerprint density at radius 1 is 1.29 bits per heavy atom. The lowest BCUT2D eigenvalue weighted by molar-refractivity contribution is 0.0881. The summed E-state index contributed by atoms with van der Waals surface area (Å²) in [4.78, 5) is 19.8. The van der Waals surface area contributed by atoms with Gasteiger partial charge in [-0.1, -0.05) is 13.8 Å². The maximum Gasteiger partial charge on any atom is 0.255 e. The van der Waals surface area contributed by atoms with Crippen LogP contribution in [0.3, 0.4) is 0 Å². The molecule has 0 spiro atoms. The van der Waals surface area contributed by atoms with Crippen molar-refractivity contribution in [1.82, 2.24) is 15.2 Å². The van der Waals surface area contributed by atoms with Crippen LogP contribution in [-0.2, 0) is 11.3 Å². The van der Waals surface area contributed by atoms with Crippen LogP contribution in [0.5, 0.6) is 11.5 Å². The molecule has 1 N–H and O–H groups in total. The van der Waals surface area contributed by atoms with Crippen molar-refractivity contribution in [2.24, 2.45) is 0 Å². The Balaban J connectivity index is 1.57. The topological polar surface area (TPSA) is 72.9 Å². The Morgan fingerprint density at radius 3 is 2.71 bits per heavy atom. The molecule has 0 saturated carbocycles. The van der Waals surface area contributed by atoms with Crippen molar-refractivity contribution in [3.05, 3.63) is 39.8 Å². The first-order chi connectivity index (χ1) is 15.0. The van der Waals surface area contributed by atoms with Crippen LogP contribution in [0.15, 0.2) is 23.6 Å². The molecule has 0 unspecified atom stereocenters. The summed E-state index contributed by atoms with van der Waals surface area (Å²) in [5, 5.41) is 6.20. The van der Waals surface area contributed by atoms with Gasteiger partial charge in [0.2, 0.25) is 0 Å². The van der Waals surface area contributed by atoms with Crippen LogP contribution >= 0.6 is 11.3 Å². The van der Waals surface area contributed by atoms with Crippen LogP contribution < -0.4 is 14.8 Å². The average molecular weight is 448 g/mol. The van der Waals surface area contributed by atoms with Crippen molar-refractivity contribution in [2.45, 2.75) is 45.3 Å². The minimum atomic E-state index is -0.170. The van der Waals surface area contributed by atoms with Gasteiger partial charge in [-0.3, -0.25) is 9.69 Å². The molecule has 8 heteroatoms. The molecule has 31 heavy (non-hydrogen) atoms. The molecule has 0 bridgehead atoms. The molecule has 0 atom stereocenters. The number of hydrogen-bond donors (Lipinski definition) is 1. The number of benzene rings is 1. The summed E-state index contributed by atoms with van der Waals surface area (Å²) in [7, 11) is 3.22. The molecular formula is C23H33N3O4S. The molecule has 2 aromatic rings. The van der Waals surface area contributed by atoms with Crippen LogP contribution in [-0.4, -0.2) is 62.4 Å². The molecule has 170 valence electrons. The van der Waals surface area contributed by atoms with E-state index < -0.39 is 0 Å². The minimum absolute atomic E-state index is 0.0661. The molecule has 1 aliphatic heterocycles. The van der Waals surface area contributed by atoms with E-state index in [1.54, 1.807) is 43.8 Å². The van der Waals surface area contributed by atoms with Crippen LogP contribution in [0, 0.1) is 0 Å². The van der Waals surface area contributed by atoms with E-state index in [0.29, 0.717) is 36.1 Å². The van der Waals surface area contributed by atoms with E-state index in [1.165, 1.54) is 10.7 Å². The second-order valence-corrected chi connectivity index (χ2v) is 8.97. The smallest absolute Gasteiger partial charge is 0.255 e. The average Bonchev–Trinajstić information content (AvgIpc) is 3.24. The number of rotatable bonds is 10. The van der Waals surface area contributed by atoms with Gasteiger partial charge in [0.15, 0.2) is 0 Å². The number of ether oxygens (including phenoxy) is 3. The lowest BCUT2D eigenvalue weighted by Gasteiger charge is -2.32. The number of thiazole rings is 1. The number of methoxy groups -OCH3 is 2. The van der Waals surface area contributed by atoms with Crippen LogP contribution in [0.4, 0.5) is 0 Å². The Morgan fingerprint density at radius 2 is 2.06 bits per heavy atom. The van der Waals surface area contributed by atoms with Gasteiger partial charge in [-0.25, -0.2) is 4.98 Å². The maximum atomic E-state index is 12.6. The highest BCUT2D eigenvalue weighted by Gasteiger charge is 2.24. The summed E-state index contributed by atoms with van der Waals surface area (Å²) in [6.45, 7) is 8.04. The number of nitrogens with zero attached hydrogens (tertiary/aromatic N) is 2. The predicted molar refractivity (Wildman–Crippen MR) is 122 cm³/mol. The Hall–Kier alpha value is -2.16. The van der Waals surface area contributed by atoms with Crippen molar-refractivity contribution < 1.29 is 19.0 Å². The van der Waals surface area contributed by atoms with E-state index in [2.05, 4.69) is 29.4 Å². The van der Waals surface area contributed by atoms with Gasteiger partial charge in [-0.2, -0.15) is 0 Å². The standard InChI is InChI=1S/C23H33N3O4S/c1-16(2)20-15-31-22(25-20)14-26-10-7-17(8-11-26)30-21-13-18(29-4)5-6-19(21)23(27)24-9-12-28-3/h5-6,13,15-17H,7-12,14H2,1-4H3,(H,24,27). The third kappa shape index (κ3) is 6.66. The van der Waals surface area contributed by atoms with Gasteiger partial charge in [-0.05, 0) is 30.9 Å². The number of nitrogens with one attached hydrogen (secondary N) is 1. The molecule has 1 fully saturated rings. The lowest BCUT2D eigenvalue weighted by atomic mass is 10.1. The molecule has 1 amide bonds. The van der Waals surface area contributed by atoms with E-state index in [-0.39, 0.29) is 12.0 Å². The second kappa shape index (κ2) is 11.5. The SMILES string of the molecule is COCCNC(=O)c1ccc(OC)cc1OC1CCN(Cc2nc(C(C)C)cs2)CC1. The first kappa shape index (κ1) is 23.5. The quantitative estimate of drug-likeness (QED) is 0.560. The van der Waals surface area contributed by atoms with Crippen molar-refractivity contribution >= 4 is 17.2 Å². The highest BCUT2D eigenvalue weighted by molar-refractivity contribution is 7.09. The van der Waals surface area contributed by atoms with Gasteiger partial charge < -0.3 is 19.5 Å². The molecule has 1 saturated heterocycles. The Kier molecular flexibility index (Phi) is 8.69. The lowest BCUT2D eigenvalue weighted by Crippen LogP contribution is -2.38. The van der Waals surface area contributed by atoms with Gasteiger partial charge >= 0.3 is 0 Å². The highest BCUT2D eigenvalue weighted by Crippen LogP contribution is 2.28. The third-order valence-electron chi connectivity index (χ3n) is 5.37. The van der Waals surface area contributed by atoms with Gasteiger partial charge in [0.25, 0.3) is 5.91 Å². The first-order valence-electron chi connectivity index (χ1n) is 10.8. The van der Waals surface area contributed by atoms with Gasteiger partial charge in [0.05, 0.1) is 31.5 Å². The van der Waals surface area contributed by atoms with Gasteiger partial charge in [0, 0.05) is 38.2 Å². The Bertz CT molecular complexity index is 847. The predicted octanol–water partition coefficient (Wildman–Crippen LogP) is 3.69. The molecule has 1 aromatic carbocycles. The molecule has 2 heterocycles. The van der Waals surface area contributed by atoms with E-state index in [0.717, 1.165) is 32.5 Å². The van der Waals surface area contributed by atoms with Gasteiger partial charge in [0.1, 0.15) is 22.6 Å². The van der Waals surface area contributed by atoms with Crippen LogP contribution in [0.25, 0.3) is 0 Å². The Labute approximate surface area is 188 Å². The van der Waals surface area contributed by atoms with Crippen molar-refractivity contribution in [2.75, 3.05) is 40.5 Å². The molecule has 1 aromatic heterocycles. The number of carbonyl (C=O) groups is 1. The first-order valence-corrected chi connectivity index (χ1v) is 11.7. The summed E-state index contributed by atoms with van der Waals surface area (Å²) in [5.74, 6) is 1.53. The maximum absolute atomic E-state index is 12.6. The normalized spacial score (nSPS) is 15.3. The fraction of sp³-hybridized carbons (Fsp3) is 0.565. The molecule has 7 nitrogen and oxygen atoms in total. The van der Waals surface area contributed by atoms with E-state index in [9.17, 15) is 4.79 Å². The number of aromatic nitrogens is 1. The number of hydrogen-bond acceptors (Lipinski definition) is 7. The monoisotopic (exact) mass is 447 g/mol. The summed E-state index contributed by atoms with van der Waals surface area (Å²) >= 11 is 1.74. The third-order valence-corrected chi connectivity index (χ3v) is 6.23. The zero-order chi connectivity index (χ0) is 22.2. The van der Waals surface area contributed by atoms with E-state index in [1.807, 2.05) is 0 Å². The zero-order valence-corrected chi connectivity index (χ0v) is 19.7. The minimum Gasteiger partial charge on any atom is -0.497 e. The number of piperidine rings is 1. The fourth-order valence-electron chi connectivity index (χ4n) is 3.50. The summed E-state index contributed by atoms with van der Waals surface area (Å²) in [6, 6.07) is 5.32. The van der Waals surface area contributed by atoms with Gasteiger partial charge in [-0.15, -0.1) is 11.3 Å². The van der Waals surface area contributed by atoms with Crippen molar-refractivity contribution in [3.8, 4) is 11.5 Å². The largest absolute Gasteiger partial charge is 0.497 e. The van der Waals surface area contributed by atoms with E-state index >= 15 is 0 Å². The second-order valence-electron chi connectivity index (χ2n) is 8.02. The molecule has 1 aliphatic rings. The number of likely N-dealkylation sites (tertiary alicyclic amines) is 1. The van der Waals surface area contributed by atoms with Crippen molar-refractivity contribution in [3.63, 3.8) is 0 Å².